The smallest absolute Gasteiger partial charge is 0.164 e. The lowest BCUT2D eigenvalue weighted by Crippen LogP contribution is -2.33. The Morgan fingerprint density at radius 2 is 1.79 bits per heavy atom. The average molecular weight is 282 g/mol. The molecule has 0 aliphatic carbocycles. The Hall–Kier alpha value is -0.343. The van der Waals surface area contributed by atoms with Gasteiger partial charge < -0.3 is 9.47 Å². The summed E-state index contributed by atoms with van der Waals surface area (Å²) in [6.45, 7) is 17.3. The molecule has 0 aromatic heterocycles. The van der Waals surface area contributed by atoms with Gasteiger partial charge in [0.15, 0.2) is 5.79 Å². The topological polar surface area (TPSA) is 18.5 Å². The van der Waals surface area contributed by atoms with Crippen LogP contribution in [0.4, 0.5) is 0 Å². The van der Waals surface area contributed by atoms with Gasteiger partial charge in [-0.3, -0.25) is 0 Å². The van der Waals surface area contributed by atoms with Crippen molar-refractivity contribution in [1.29, 1.82) is 0 Å². The van der Waals surface area contributed by atoms with Gasteiger partial charge in [-0.2, -0.15) is 0 Å². The highest BCUT2D eigenvalue weighted by Gasteiger charge is 2.46. The molecule has 1 saturated heterocycles. The van der Waals surface area contributed by atoms with Gasteiger partial charge in [0.1, 0.15) is 0 Å². The molecule has 0 saturated carbocycles. The van der Waals surface area contributed by atoms with Crippen molar-refractivity contribution in [3.8, 4) is 0 Å². The zero-order chi connectivity index (χ0) is 14.9. The molecule has 1 aliphatic heterocycles. The molecule has 1 heterocycles. The molecular weight excluding hydrogens is 252 g/mol. The van der Waals surface area contributed by atoms with Crippen LogP contribution in [-0.4, -0.2) is 25.6 Å². The van der Waals surface area contributed by atoms with Crippen LogP contribution in [0.1, 0.15) is 47.5 Å². The largest absolute Gasteiger partial charge is 0.344 e. The molecule has 2 nitrogen and oxygen atoms in total. The Morgan fingerprint density at radius 1 is 1.21 bits per heavy atom. The normalized spacial score (nSPS) is 24.9. The molecule has 1 unspecified atom stereocenters. The molecule has 0 aromatic carbocycles. The summed E-state index contributed by atoms with van der Waals surface area (Å²) >= 11 is 0. The van der Waals surface area contributed by atoms with Crippen molar-refractivity contribution in [3.63, 3.8) is 0 Å². The van der Waals surface area contributed by atoms with Crippen LogP contribution in [0.25, 0.3) is 0 Å². The Morgan fingerprint density at radius 3 is 2.21 bits per heavy atom. The Labute approximate surface area is 119 Å². The second-order valence-electron chi connectivity index (χ2n) is 7.69. The van der Waals surface area contributed by atoms with Gasteiger partial charge in [-0.1, -0.05) is 25.3 Å². The van der Waals surface area contributed by atoms with Gasteiger partial charge in [-0.15, -0.1) is 5.73 Å². The molecule has 1 atom stereocenters. The van der Waals surface area contributed by atoms with E-state index in [1.165, 1.54) is 5.57 Å². The molecule has 3 heteroatoms. The summed E-state index contributed by atoms with van der Waals surface area (Å²) in [5.74, 6) is -0.458. The van der Waals surface area contributed by atoms with Crippen LogP contribution >= 0.6 is 0 Å². The van der Waals surface area contributed by atoms with Crippen LogP contribution in [0.5, 0.6) is 0 Å². The quantitative estimate of drug-likeness (QED) is 0.551. The first kappa shape index (κ1) is 16.7. The molecule has 0 spiro atoms. The number of hydrogen-bond acceptors (Lipinski definition) is 2. The van der Waals surface area contributed by atoms with Gasteiger partial charge in [0.05, 0.1) is 19.8 Å². The Kier molecular flexibility index (Phi) is 4.90. The highest BCUT2D eigenvalue weighted by Crippen LogP contribution is 2.38. The predicted molar refractivity (Wildman–Crippen MR) is 84.0 cm³/mol. The average Bonchev–Trinajstić information content (AvgIpc) is 2.39. The first-order valence-corrected chi connectivity index (χ1v) is 10.8. The zero-order valence-corrected chi connectivity index (χ0v) is 14.9. The van der Waals surface area contributed by atoms with Gasteiger partial charge in [-0.05, 0) is 53.0 Å². The molecule has 110 valence electrons. The molecule has 0 aromatic rings. The minimum atomic E-state index is -1.14. The summed E-state index contributed by atoms with van der Waals surface area (Å²) in [7, 11) is -1.14. The van der Waals surface area contributed by atoms with Gasteiger partial charge in [0, 0.05) is 0 Å². The number of hydrogen-bond donors (Lipinski definition) is 0. The third-order valence-corrected chi connectivity index (χ3v) is 4.25. The van der Waals surface area contributed by atoms with E-state index in [0.717, 1.165) is 12.8 Å². The Bertz CT molecular complexity index is 382. The van der Waals surface area contributed by atoms with Crippen molar-refractivity contribution in [3.05, 3.63) is 17.0 Å². The first-order chi connectivity index (χ1) is 8.41. The highest BCUT2D eigenvalue weighted by atomic mass is 28.3. The molecule has 1 fully saturated rings. The minimum absolute atomic E-state index is 0.158. The van der Waals surface area contributed by atoms with Gasteiger partial charge >= 0.3 is 0 Å². The fourth-order valence-electron chi connectivity index (χ4n) is 2.37. The summed E-state index contributed by atoms with van der Waals surface area (Å²) < 4.78 is 11.9. The van der Waals surface area contributed by atoms with Gasteiger partial charge in [-0.25, -0.2) is 0 Å². The van der Waals surface area contributed by atoms with Crippen LogP contribution < -0.4 is 0 Å². The van der Waals surface area contributed by atoms with E-state index in [0.29, 0.717) is 0 Å². The van der Waals surface area contributed by atoms with E-state index in [-0.39, 0.29) is 11.7 Å². The summed E-state index contributed by atoms with van der Waals surface area (Å²) in [6.07, 6.45) is 2.18. The summed E-state index contributed by atoms with van der Waals surface area (Å²) in [5, 5.41) is 0. The van der Waals surface area contributed by atoms with E-state index in [9.17, 15) is 0 Å². The van der Waals surface area contributed by atoms with Crippen LogP contribution in [0.2, 0.25) is 19.6 Å². The van der Waals surface area contributed by atoms with Crippen molar-refractivity contribution in [2.45, 2.75) is 84.6 Å². The fourth-order valence-corrected chi connectivity index (χ4v) is 3.05. The lowest BCUT2D eigenvalue weighted by Gasteiger charge is -2.23. The van der Waals surface area contributed by atoms with Crippen molar-refractivity contribution < 1.29 is 9.47 Å². The molecule has 1 aliphatic rings. The van der Waals surface area contributed by atoms with E-state index in [4.69, 9.17) is 9.47 Å². The predicted octanol–water partition coefficient (Wildman–Crippen LogP) is 4.68. The van der Waals surface area contributed by atoms with Crippen LogP contribution in [0.15, 0.2) is 17.0 Å². The van der Waals surface area contributed by atoms with E-state index in [1.54, 1.807) is 0 Å². The number of ether oxygens (including phenoxy) is 2. The maximum Gasteiger partial charge on any atom is 0.164 e. The van der Waals surface area contributed by atoms with Crippen molar-refractivity contribution in [2.24, 2.45) is 0 Å². The number of allylic oxidation sites excluding steroid dienone is 1. The van der Waals surface area contributed by atoms with Gasteiger partial charge in [0.2, 0.25) is 0 Å². The fraction of sp³-hybridized carbons (Fsp3) is 0.812. The molecule has 19 heavy (non-hydrogen) atoms. The van der Waals surface area contributed by atoms with E-state index >= 15 is 0 Å². The molecule has 1 rings (SSSR count). The van der Waals surface area contributed by atoms with E-state index in [2.05, 4.69) is 51.8 Å². The third-order valence-electron chi connectivity index (χ3n) is 3.24. The SMILES string of the molecule is CC(=C=C[Si](C)(C)C)CCC1OC(C)(C)OC1(C)C. The monoisotopic (exact) mass is 282 g/mol. The summed E-state index contributed by atoms with van der Waals surface area (Å²) in [4.78, 5) is 0. The van der Waals surface area contributed by atoms with E-state index in [1.807, 2.05) is 13.8 Å². The number of rotatable bonds is 4. The van der Waals surface area contributed by atoms with Crippen molar-refractivity contribution >= 4 is 8.07 Å². The Balaban J connectivity index is 2.61. The van der Waals surface area contributed by atoms with Crippen molar-refractivity contribution in [1.82, 2.24) is 0 Å². The van der Waals surface area contributed by atoms with Crippen LogP contribution in [0, 0.1) is 0 Å². The molecular formula is C16H30O2Si. The van der Waals surface area contributed by atoms with E-state index < -0.39 is 13.9 Å². The van der Waals surface area contributed by atoms with Crippen LogP contribution in [0.3, 0.4) is 0 Å². The second kappa shape index (κ2) is 5.57. The molecule has 0 radical (unpaired) electrons. The standard InChI is InChI=1S/C16H30O2Si/c1-13(11-12-19(6,7)8)9-10-14-15(2,3)18-16(4,5)17-14/h12,14H,9-10H2,1-8H3. The highest BCUT2D eigenvalue weighted by molar-refractivity contribution is 6.80. The second-order valence-corrected chi connectivity index (χ2v) is 12.7. The van der Waals surface area contributed by atoms with Crippen LogP contribution in [-0.2, 0) is 9.47 Å². The lowest BCUT2D eigenvalue weighted by molar-refractivity contribution is -0.157. The maximum atomic E-state index is 6.00. The minimum Gasteiger partial charge on any atom is -0.344 e. The lowest BCUT2D eigenvalue weighted by atomic mass is 9.96. The third kappa shape index (κ3) is 5.66. The molecule has 0 amide bonds. The summed E-state index contributed by atoms with van der Waals surface area (Å²) in [6, 6.07) is 0. The maximum absolute atomic E-state index is 6.00. The summed E-state index contributed by atoms with van der Waals surface area (Å²) in [5.41, 5.74) is 6.84. The molecule has 0 bridgehead atoms. The first-order valence-electron chi connectivity index (χ1n) is 7.23. The molecule has 0 N–H and O–H groups in total. The van der Waals surface area contributed by atoms with Crippen molar-refractivity contribution in [2.75, 3.05) is 0 Å². The van der Waals surface area contributed by atoms with Gasteiger partial charge in [0.25, 0.3) is 0 Å². The zero-order valence-electron chi connectivity index (χ0n) is 13.9.